The summed E-state index contributed by atoms with van der Waals surface area (Å²) in [5.41, 5.74) is 0. The summed E-state index contributed by atoms with van der Waals surface area (Å²) in [6.07, 6.45) is 81.5. The summed E-state index contributed by atoms with van der Waals surface area (Å²) in [4.78, 5) is 38.2. The lowest BCUT2D eigenvalue weighted by Crippen LogP contribution is -2.30. The van der Waals surface area contributed by atoms with Crippen molar-refractivity contribution in [2.75, 3.05) is 13.2 Å². The maximum atomic E-state index is 12.9. The summed E-state index contributed by atoms with van der Waals surface area (Å²) in [7, 11) is 0. The number of carbonyl (C=O) groups is 3. The highest BCUT2D eigenvalue weighted by molar-refractivity contribution is 5.71. The van der Waals surface area contributed by atoms with Crippen molar-refractivity contribution < 1.29 is 28.6 Å². The third-order valence-electron chi connectivity index (χ3n) is 11.7. The molecule has 0 amide bonds. The minimum atomic E-state index is -0.812. The largest absolute Gasteiger partial charge is 0.462 e. The van der Waals surface area contributed by atoms with E-state index < -0.39 is 6.10 Å². The molecule has 1 unspecified atom stereocenters. The Morgan fingerprint density at radius 3 is 1.00 bits per heavy atom. The predicted octanol–water partition coefficient (Wildman–Crippen LogP) is 19.4. The van der Waals surface area contributed by atoms with Crippen molar-refractivity contribution in [1.29, 1.82) is 0 Å². The Morgan fingerprint density at radius 2 is 0.606 bits per heavy atom. The van der Waals surface area contributed by atoms with Crippen LogP contribution in [0.25, 0.3) is 0 Å². The minimum absolute atomic E-state index is 0.105. The monoisotopic (exact) mass is 981 g/mol. The van der Waals surface area contributed by atoms with Crippen LogP contribution in [0.2, 0.25) is 0 Å². The van der Waals surface area contributed by atoms with Gasteiger partial charge in [0.25, 0.3) is 0 Å². The van der Waals surface area contributed by atoms with E-state index in [1.807, 2.05) is 0 Å². The summed E-state index contributed by atoms with van der Waals surface area (Å²) < 4.78 is 16.8. The molecule has 0 saturated heterocycles. The molecule has 0 aliphatic carbocycles. The van der Waals surface area contributed by atoms with E-state index in [-0.39, 0.29) is 37.5 Å². The molecule has 0 aromatic carbocycles. The van der Waals surface area contributed by atoms with Gasteiger partial charge >= 0.3 is 17.9 Å². The number of esters is 3. The average Bonchev–Trinajstić information content (AvgIpc) is 3.37. The van der Waals surface area contributed by atoms with Gasteiger partial charge in [0.15, 0.2) is 6.10 Å². The van der Waals surface area contributed by atoms with Gasteiger partial charge in [-0.25, -0.2) is 0 Å². The van der Waals surface area contributed by atoms with Gasteiger partial charge in [-0.1, -0.05) is 238 Å². The van der Waals surface area contributed by atoms with Gasteiger partial charge in [0.05, 0.1) is 0 Å². The third-order valence-corrected chi connectivity index (χ3v) is 11.7. The molecule has 0 heterocycles. The number of rotatable bonds is 50. The summed E-state index contributed by atoms with van der Waals surface area (Å²) in [6.45, 7) is 6.32. The van der Waals surface area contributed by atoms with Crippen LogP contribution in [0.5, 0.6) is 0 Å². The Bertz CT molecular complexity index is 1550. The Hall–Kier alpha value is -4.45. The zero-order valence-corrected chi connectivity index (χ0v) is 45.7. The Kier molecular flexibility index (Phi) is 54.5. The van der Waals surface area contributed by atoms with E-state index in [1.165, 1.54) is 57.8 Å². The lowest BCUT2D eigenvalue weighted by Gasteiger charge is -2.18. The van der Waals surface area contributed by atoms with Gasteiger partial charge in [0.2, 0.25) is 0 Å². The average molecular weight is 982 g/mol. The molecule has 71 heavy (non-hydrogen) atoms. The van der Waals surface area contributed by atoms with E-state index >= 15 is 0 Å². The van der Waals surface area contributed by atoms with Crippen LogP contribution in [0.4, 0.5) is 0 Å². The molecule has 0 aromatic heterocycles. The Morgan fingerprint density at radius 1 is 0.310 bits per heavy atom. The van der Waals surface area contributed by atoms with Crippen molar-refractivity contribution in [1.82, 2.24) is 0 Å². The fourth-order valence-corrected chi connectivity index (χ4v) is 7.46. The van der Waals surface area contributed by atoms with Gasteiger partial charge in [-0.05, 0) is 116 Å². The molecule has 0 aliphatic heterocycles. The van der Waals surface area contributed by atoms with Crippen LogP contribution in [-0.2, 0) is 28.6 Å². The second-order valence-corrected chi connectivity index (χ2v) is 18.5. The van der Waals surface area contributed by atoms with Crippen molar-refractivity contribution in [3.8, 4) is 0 Å². The molecule has 1 atom stereocenters. The first-order chi connectivity index (χ1) is 35.0. The van der Waals surface area contributed by atoms with Crippen molar-refractivity contribution in [3.05, 3.63) is 134 Å². The van der Waals surface area contributed by atoms with Gasteiger partial charge in [0.1, 0.15) is 13.2 Å². The van der Waals surface area contributed by atoms with E-state index in [0.29, 0.717) is 12.8 Å². The molecule has 400 valence electrons. The zero-order valence-electron chi connectivity index (χ0n) is 45.7. The maximum Gasteiger partial charge on any atom is 0.306 e. The molecule has 6 heteroatoms. The normalized spacial score (nSPS) is 13.1. The second kappa shape index (κ2) is 58.1. The maximum absolute atomic E-state index is 12.9. The molecule has 0 fully saturated rings. The molecule has 6 nitrogen and oxygen atoms in total. The molecule has 0 aliphatic rings. The SMILES string of the molecule is CC/C=C\C/C=C\C/C=C\C/C=C\CCCCCC(=O)OCC(COC(=O)CCCCCCCCCCC/C=C\C/C=C\C/C=C\CC)OC(=O)CCCCCCC\C=C/C=C\C=C/C=C\CCCCC. The third kappa shape index (κ3) is 56.3. The van der Waals surface area contributed by atoms with Crippen LogP contribution in [0, 0.1) is 0 Å². The van der Waals surface area contributed by atoms with Crippen molar-refractivity contribution in [2.24, 2.45) is 0 Å². The number of hydrogen-bond acceptors (Lipinski definition) is 6. The van der Waals surface area contributed by atoms with Gasteiger partial charge in [-0.2, -0.15) is 0 Å². The van der Waals surface area contributed by atoms with E-state index in [1.54, 1.807) is 0 Å². The highest BCUT2D eigenvalue weighted by Gasteiger charge is 2.19. The van der Waals surface area contributed by atoms with Crippen LogP contribution in [-0.4, -0.2) is 37.2 Å². The molecular formula is C65H104O6. The van der Waals surface area contributed by atoms with E-state index in [4.69, 9.17) is 14.2 Å². The zero-order chi connectivity index (χ0) is 51.4. The van der Waals surface area contributed by atoms with Crippen molar-refractivity contribution in [3.63, 3.8) is 0 Å². The van der Waals surface area contributed by atoms with Gasteiger partial charge < -0.3 is 14.2 Å². The first-order valence-corrected chi connectivity index (χ1v) is 28.7. The lowest BCUT2D eigenvalue weighted by molar-refractivity contribution is -0.167. The highest BCUT2D eigenvalue weighted by atomic mass is 16.6. The summed E-state index contributed by atoms with van der Waals surface area (Å²) in [5.74, 6) is -0.969. The van der Waals surface area contributed by atoms with E-state index in [0.717, 1.165) is 141 Å². The minimum Gasteiger partial charge on any atom is -0.462 e. The molecule has 0 saturated carbocycles. The molecular weight excluding hydrogens is 877 g/mol. The first-order valence-electron chi connectivity index (χ1n) is 28.7. The van der Waals surface area contributed by atoms with Crippen LogP contribution < -0.4 is 0 Å². The van der Waals surface area contributed by atoms with Crippen LogP contribution in [0.3, 0.4) is 0 Å². The molecule has 0 bridgehead atoms. The summed E-state index contributed by atoms with van der Waals surface area (Å²) in [6, 6.07) is 0. The molecule has 0 rings (SSSR count). The first kappa shape index (κ1) is 66.6. The van der Waals surface area contributed by atoms with Crippen molar-refractivity contribution >= 4 is 17.9 Å². The number of unbranched alkanes of at least 4 members (excludes halogenated alkanes) is 20. The Labute approximate surface area is 436 Å². The van der Waals surface area contributed by atoms with Crippen LogP contribution in [0.15, 0.2) is 134 Å². The van der Waals surface area contributed by atoms with Crippen LogP contribution in [0.1, 0.15) is 239 Å². The number of hydrogen-bond donors (Lipinski definition) is 0. The number of carbonyl (C=O) groups excluding carboxylic acids is 3. The van der Waals surface area contributed by atoms with Gasteiger partial charge in [0, 0.05) is 19.3 Å². The van der Waals surface area contributed by atoms with E-state index in [2.05, 4.69) is 154 Å². The molecule has 0 N–H and O–H groups in total. The van der Waals surface area contributed by atoms with Crippen LogP contribution >= 0.6 is 0 Å². The smallest absolute Gasteiger partial charge is 0.306 e. The topological polar surface area (TPSA) is 78.9 Å². The molecule has 0 radical (unpaired) electrons. The molecule has 0 spiro atoms. The second-order valence-electron chi connectivity index (χ2n) is 18.5. The van der Waals surface area contributed by atoms with Gasteiger partial charge in [-0.3, -0.25) is 14.4 Å². The quantitative estimate of drug-likeness (QED) is 0.0199. The van der Waals surface area contributed by atoms with Gasteiger partial charge in [-0.15, -0.1) is 0 Å². The fraction of sp³-hybridized carbons (Fsp3) is 0.615. The predicted molar refractivity (Wildman–Crippen MR) is 306 cm³/mol. The van der Waals surface area contributed by atoms with E-state index in [9.17, 15) is 14.4 Å². The standard InChI is InChI=1S/C65H104O6/c1-4-7-10-13-16-19-22-25-28-31-33-35-37-40-43-46-49-52-55-58-64(67)70-61-62(60-69-63(66)57-54-51-48-45-42-39-36-30-27-24-21-18-15-12-9-6-3)71-65(68)59-56-53-50-47-44-41-38-34-32-29-26-23-20-17-14-11-8-5-2/h7,9-10,12,16-21,23,25-30,32,34,38-39,42,62H,4-6,8,11,13-15,22,24,31,33,35-37,40-41,43-61H2,1-3H3/b10-7-,12-9-,19-16-,20-17-,21-18-,26-23-,28-25-,30-27-,32-29-,38-34-,42-39-. The summed E-state index contributed by atoms with van der Waals surface area (Å²) in [5, 5.41) is 0. The lowest BCUT2D eigenvalue weighted by atomic mass is 10.1. The highest BCUT2D eigenvalue weighted by Crippen LogP contribution is 2.14. The molecule has 0 aromatic rings. The fourth-order valence-electron chi connectivity index (χ4n) is 7.46. The summed E-state index contributed by atoms with van der Waals surface area (Å²) >= 11 is 0. The number of ether oxygens (including phenoxy) is 3. The Balaban J connectivity index is 4.51. The number of allylic oxidation sites excluding steroid dienone is 22. The van der Waals surface area contributed by atoms with Crippen molar-refractivity contribution in [2.45, 2.75) is 245 Å².